The van der Waals surface area contributed by atoms with Crippen LogP contribution in [0.1, 0.15) is 17.5 Å². The van der Waals surface area contributed by atoms with Crippen LogP contribution in [0.3, 0.4) is 0 Å². The van der Waals surface area contributed by atoms with Gasteiger partial charge in [0.1, 0.15) is 17.5 Å². The van der Waals surface area contributed by atoms with Crippen LogP contribution in [0.15, 0.2) is 30.4 Å². The lowest BCUT2D eigenvalue weighted by Crippen LogP contribution is -2.74. The van der Waals surface area contributed by atoms with Gasteiger partial charge in [-0.1, -0.05) is 18.2 Å². The minimum Gasteiger partial charge on any atom is -0.486 e. The summed E-state index contributed by atoms with van der Waals surface area (Å²) in [7, 11) is 2.05. The molecule has 110 valence electrons. The number of nitrogens with zero attached hydrogens (tertiary/aromatic N) is 1. The number of piperidine rings is 1. The fraction of sp³-hybridized carbons (Fsp3) is 0.529. The van der Waals surface area contributed by atoms with Crippen molar-refractivity contribution < 1.29 is 14.2 Å². The smallest absolute Gasteiger partial charge is 0.156 e. The molecule has 1 aromatic carbocycles. The monoisotopic (exact) mass is 287 g/mol. The highest BCUT2D eigenvalue weighted by atomic mass is 19.1. The second kappa shape index (κ2) is 3.50. The van der Waals surface area contributed by atoms with Gasteiger partial charge in [0.05, 0.1) is 5.41 Å². The van der Waals surface area contributed by atoms with Crippen LogP contribution >= 0.6 is 0 Å². The largest absolute Gasteiger partial charge is 0.486 e. The summed E-state index contributed by atoms with van der Waals surface area (Å²) in [5.41, 5.74) is 0.614. The van der Waals surface area contributed by atoms with E-state index in [9.17, 15) is 9.50 Å². The zero-order valence-corrected chi connectivity index (χ0v) is 11.9. The molecule has 0 radical (unpaired) electrons. The van der Waals surface area contributed by atoms with Gasteiger partial charge < -0.3 is 9.84 Å². The van der Waals surface area contributed by atoms with E-state index in [0.717, 1.165) is 30.7 Å². The van der Waals surface area contributed by atoms with Crippen molar-refractivity contribution >= 4 is 0 Å². The zero-order chi connectivity index (χ0) is 14.4. The van der Waals surface area contributed by atoms with E-state index in [1.165, 1.54) is 11.6 Å². The molecule has 1 saturated heterocycles. The number of likely N-dealkylation sites (N-methyl/N-ethyl adjacent to an activating group) is 1. The molecule has 4 heteroatoms. The molecule has 1 aromatic rings. The van der Waals surface area contributed by atoms with Crippen LogP contribution in [-0.2, 0) is 11.8 Å². The Labute approximate surface area is 123 Å². The molecule has 1 spiro atoms. The number of aliphatic hydroxyl groups is 1. The van der Waals surface area contributed by atoms with E-state index in [4.69, 9.17) is 4.74 Å². The Morgan fingerprint density at radius 2 is 2.29 bits per heavy atom. The van der Waals surface area contributed by atoms with Gasteiger partial charge in [0, 0.05) is 11.6 Å². The van der Waals surface area contributed by atoms with E-state index in [2.05, 4.69) is 11.0 Å². The van der Waals surface area contributed by atoms with Crippen molar-refractivity contribution in [3.8, 4) is 5.75 Å². The second-order valence-electron chi connectivity index (χ2n) is 6.88. The molecule has 1 N–H and O–H groups in total. The molecule has 4 aliphatic rings. The van der Waals surface area contributed by atoms with Gasteiger partial charge in [-0.05, 0) is 44.1 Å². The Morgan fingerprint density at radius 1 is 1.43 bits per heavy atom. The molecule has 0 aromatic heterocycles. The molecule has 0 saturated carbocycles. The van der Waals surface area contributed by atoms with Crippen molar-refractivity contribution in [2.75, 3.05) is 13.6 Å². The molecule has 2 aliphatic carbocycles. The molecular formula is C17H18FNO2. The van der Waals surface area contributed by atoms with E-state index in [-0.39, 0.29) is 6.04 Å². The van der Waals surface area contributed by atoms with Crippen molar-refractivity contribution in [3.63, 3.8) is 0 Å². The zero-order valence-electron chi connectivity index (χ0n) is 11.9. The van der Waals surface area contributed by atoms with Crippen LogP contribution in [0.5, 0.6) is 5.75 Å². The fourth-order valence-corrected chi connectivity index (χ4v) is 5.22. The number of likely N-dealkylation sites (tertiary alicyclic amines) is 1. The van der Waals surface area contributed by atoms with E-state index in [1.807, 2.05) is 19.2 Å². The number of rotatable bonds is 0. The molecule has 0 amide bonds. The minimum atomic E-state index is -1.16. The lowest BCUT2D eigenvalue weighted by molar-refractivity contribution is -0.144. The summed E-state index contributed by atoms with van der Waals surface area (Å²) in [6.07, 6.45) is 2.97. The maximum atomic E-state index is 14.5. The van der Waals surface area contributed by atoms with Crippen LogP contribution in [-0.4, -0.2) is 47.5 Å². The van der Waals surface area contributed by atoms with Crippen molar-refractivity contribution in [2.45, 2.75) is 42.2 Å². The number of hydrogen-bond donors (Lipinski definition) is 1. The summed E-state index contributed by atoms with van der Waals surface area (Å²) >= 11 is 0. The first-order chi connectivity index (χ1) is 10.1. The van der Waals surface area contributed by atoms with E-state index in [1.54, 1.807) is 6.08 Å². The molecular weight excluding hydrogens is 269 g/mol. The maximum absolute atomic E-state index is 14.5. The van der Waals surface area contributed by atoms with Crippen molar-refractivity contribution in [2.24, 2.45) is 0 Å². The van der Waals surface area contributed by atoms with Crippen molar-refractivity contribution in [1.82, 2.24) is 4.90 Å². The molecule has 5 rings (SSSR count). The maximum Gasteiger partial charge on any atom is 0.156 e. The average Bonchev–Trinajstić information content (AvgIpc) is 2.81. The molecule has 2 aliphatic heterocycles. The van der Waals surface area contributed by atoms with E-state index < -0.39 is 23.3 Å². The van der Waals surface area contributed by atoms with Crippen LogP contribution < -0.4 is 4.74 Å². The molecule has 1 fully saturated rings. The van der Waals surface area contributed by atoms with Gasteiger partial charge in [-0.25, -0.2) is 4.39 Å². The fourth-order valence-electron chi connectivity index (χ4n) is 5.22. The van der Waals surface area contributed by atoms with E-state index >= 15 is 0 Å². The number of ether oxygens (including phenoxy) is 1. The van der Waals surface area contributed by atoms with Gasteiger partial charge in [0.25, 0.3) is 0 Å². The Balaban J connectivity index is 1.88. The Bertz CT molecular complexity index is 675. The third kappa shape index (κ3) is 1.12. The first-order valence-electron chi connectivity index (χ1n) is 7.63. The second-order valence-corrected chi connectivity index (χ2v) is 6.88. The Kier molecular flexibility index (Phi) is 2.03. The SMILES string of the molecule is CN1CCC23c4c5cccc4OC2[C@H](F)C=CC3(O)C1C5. The molecule has 4 unspecified atom stereocenters. The predicted molar refractivity (Wildman–Crippen MR) is 76.3 cm³/mol. The first kappa shape index (κ1) is 12.2. The summed E-state index contributed by atoms with van der Waals surface area (Å²) in [6.45, 7) is 0.862. The topological polar surface area (TPSA) is 32.7 Å². The Morgan fingerprint density at radius 3 is 3.14 bits per heavy atom. The minimum absolute atomic E-state index is 0.0121. The summed E-state index contributed by atoms with van der Waals surface area (Å²) in [5.74, 6) is 0.769. The normalized spacial score (nSPS) is 46.1. The highest BCUT2D eigenvalue weighted by molar-refractivity contribution is 5.59. The standard InChI is InChI=1S/C17H18FNO2/c1-19-8-7-16-14-10-3-2-4-12(14)21-15(16)11(18)5-6-17(16,20)13(19)9-10/h2-6,11,13,15,20H,7-9H2,1H3/t11-,13?,15?,16?,17?/m1/s1. The Hall–Kier alpha value is -1.39. The third-order valence-corrected chi connectivity index (χ3v) is 6.15. The van der Waals surface area contributed by atoms with Gasteiger partial charge in [-0.3, -0.25) is 4.90 Å². The van der Waals surface area contributed by atoms with Gasteiger partial charge in [0.2, 0.25) is 0 Å². The number of alkyl halides is 1. The van der Waals surface area contributed by atoms with Gasteiger partial charge in [0.15, 0.2) is 6.17 Å². The molecule has 5 atom stereocenters. The summed E-state index contributed by atoms with van der Waals surface area (Å²) in [5, 5.41) is 11.5. The van der Waals surface area contributed by atoms with Gasteiger partial charge in [-0.15, -0.1) is 0 Å². The summed E-state index contributed by atoms with van der Waals surface area (Å²) in [6, 6.07) is 5.98. The van der Waals surface area contributed by atoms with Crippen LogP contribution in [0, 0.1) is 0 Å². The molecule has 2 heterocycles. The summed E-state index contributed by atoms with van der Waals surface area (Å²) < 4.78 is 20.5. The molecule has 2 bridgehead atoms. The lowest BCUT2D eigenvalue weighted by atomic mass is 9.51. The average molecular weight is 287 g/mol. The molecule has 3 nitrogen and oxygen atoms in total. The van der Waals surface area contributed by atoms with Gasteiger partial charge in [-0.2, -0.15) is 0 Å². The number of benzene rings is 1. The predicted octanol–water partition coefficient (Wildman–Crippen LogP) is 1.58. The third-order valence-electron chi connectivity index (χ3n) is 6.15. The first-order valence-corrected chi connectivity index (χ1v) is 7.63. The summed E-state index contributed by atoms with van der Waals surface area (Å²) in [4.78, 5) is 2.21. The van der Waals surface area contributed by atoms with E-state index in [0.29, 0.717) is 0 Å². The molecule has 21 heavy (non-hydrogen) atoms. The quantitative estimate of drug-likeness (QED) is 0.736. The highest BCUT2D eigenvalue weighted by Gasteiger charge is 2.71. The number of halogens is 1. The van der Waals surface area contributed by atoms with Gasteiger partial charge >= 0.3 is 0 Å². The number of hydrogen-bond acceptors (Lipinski definition) is 3. The van der Waals surface area contributed by atoms with Crippen molar-refractivity contribution in [3.05, 3.63) is 41.5 Å². The lowest BCUT2D eigenvalue weighted by Gasteiger charge is -2.60. The van der Waals surface area contributed by atoms with Crippen LogP contribution in [0.2, 0.25) is 0 Å². The van der Waals surface area contributed by atoms with Crippen LogP contribution in [0.25, 0.3) is 0 Å². The highest BCUT2D eigenvalue weighted by Crippen LogP contribution is 2.62. The van der Waals surface area contributed by atoms with Crippen LogP contribution in [0.4, 0.5) is 4.39 Å². The van der Waals surface area contributed by atoms with Crippen molar-refractivity contribution in [1.29, 1.82) is 0 Å².